The van der Waals surface area contributed by atoms with Crippen molar-refractivity contribution in [3.63, 3.8) is 0 Å². The van der Waals surface area contributed by atoms with Crippen LogP contribution in [-0.2, 0) is 0 Å². The van der Waals surface area contributed by atoms with Gasteiger partial charge in [-0.1, -0.05) is 30.3 Å². The molecule has 2 N–H and O–H groups in total. The highest BCUT2D eigenvalue weighted by atomic mass is 16.6. The number of ether oxygens (including phenoxy) is 1. The van der Waals surface area contributed by atoms with E-state index in [2.05, 4.69) is 0 Å². The molecule has 98 valence electrons. The van der Waals surface area contributed by atoms with Crippen molar-refractivity contribution >= 4 is 16.9 Å². The van der Waals surface area contributed by atoms with Gasteiger partial charge in [0, 0.05) is 19.1 Å². The van der Waals surface area contributed by atoms with E-state index >= 15 is 0 Å². The number of amides is 1. The number of carbonyl (C=O) groups is 1. The number of carbonyl (C=O) groups excluding carboxylic acids is 1. The first-order valence-corrected chi connectivity index (χ1v) is 6.43. The van der Waals surface area contributed by atoms with Gasteiger partial charge < -0.3 is 15.4 Å². The molecule has 0 aromatic heterocycles. The predicted molar refractivity (Wildman–Crippen MR) is 74.1 cm³/mol. The molecule has 1 fully saturated rings. The smallest absolute Gasteiger partial charge is 0.410 e. The summed E-state index contributed by atoms with van der Waals surface area (Å²) in [5.41, 5.74) is 5.78. The molecule has 1 aliphatic rings. The zero-order chi connectivity index (χ0) is 13.2. The molecule has 1 aliphatic heterocycles. The van der Waals surface area contributed by atoms with E-state index in [1.807, 2.05) is 42.5 Å². The SMILES string of the molecule is N[C@@H]1CCN(C(=O)Oc2ccc3ccccc3c2)C1. The van der Waals surface area contributed by atoms with Gasteiger partial charge in [0.15, 0.2) is 0 Å². The van der Waals surface area contributed by atoms with Crippen molar-refractivity contribution in [3.8, 4) is 5.75 Å². The number of rotatable bonds is 1. The third-order valence-electron chi connectivity index (χ3n) is 3.41. The van der Waals surface area contributed by atoms with Crippen LogP contribution in [0.2, 0.25) is 0 Å². The van der Waals surface area contributed by atoms with Crippen molar-refractivity contribution in [2.24, 2.45) is 5.73 Å². The van der Waals surface area contributed by atoms with Crippen LogP contribution in [0, 0.1) is 0 Å². The quantitative estimate of drug-likeness (QED) is 0.852. The van der Waals surface area contributed by atoms with Crippen LogP contribution in [0.1, 0.15) is 6.42 Å². The van der Waals surface area contributed by atoms with Crippen LogP contribution < -0.4 is 10.5 Å². The average molecular weight is 256 g/mol. The summed E-state index contributed by atoms with van der Waals surface area (Å²) >= 11 is 0. The van der Waals surface area contributed by atoms with Crippen molar-refractivity contribution in [2.75, 3.05) is 13.1 Å². The largest absolute Gasteiger partial charge is 0.415 e. The molecular formula is C15H16N2O2. The number of nitrogens with zero attached hydrogens (tertiary/aromatic N) is 1. The lowest BCUT2D eigenvalue weighted by molar-refractivity contribution is 0.162. The molecule has 0 spiro atoms. The fourth-order valence-electron chi connectivity index (χ4n) is 2.35. The highest BCUT2D eigenvalue weighted by Crippen LogP contribution is 2.21. The van der Waals surface area contributed by atoms with Crippen molar-refractivity contribution in [2.45, 2.75) is 12.5 Å². The van der Waals surface area contributed by atoms with Crippen molar-refractivity contribution in [1.82, 2.24) is 4.90 Å². The Morgan fingerprint density at radius 1 is 1.21 bits per heavy atom. The van der Waals surface area contributed by atoms with Crippen LogP contribution in [0.4, 0.5) is 4.79 Å². The third-order valence-corrected chi connectivity index (χ3v) is 3.41. The van der Waals surface area contributed by atoms with E-state index in [0.29, 0.717) is 18.8 Å². The molecule has 2 aromatic rings. The van der Waals surface area contributed by atoms with Crippen molar-refractivity contribution in [3.05, 3.63) is 42.5 Å². The van der Waals surface area contributed by atoms with Crippen LogP contribution in [0.25, 0.3) is 10.8 Å². The average Bonchev–Trinajstić information content (AvgIpc) is 2.85. The second-order valence-electron chi connectivity index (χ2n) is 4.87. The lowest BCUT2D eigenvalue weighted by Crippen LogP contribution is -2.33. The van der Waals surface area contributed by atoms with Crippen molar-refractivity contribution < 1.29 is 9.53 Å². The first kappa shape index (κ1) is 12.0. The second kappa shape index (κ2) is 4.90. The van der Waals surface area contributed by atoms with Gasteiger partial charge in [-0.2, -0.15) is 0 Å². The maximum absolute atomic E-state index is 11.9. The Labute approximate surface area is 111 Å². The van der Waals surface area contributed by atoms with Gasteiger partial charge in [0.1, 0.15) is 5.75 Å². The van der Waals surface area contributed by atoms with Gasteiger partial charge >= 0.3 is 6.09 Å². The summed E-state index contributed by atoms with van der Waals surface area (Å²) in [7, 11) is 0. The van der Waals surface area contributed by atoms with E-state index in [0.717, 1.165) is 17.2 Å². The van der Waals surface area contributed by atoms with Gasteiger partial charge in [0.2, 0.25) is 0 Å². The highest BCUT2D eigenvalue weighted by molar-refractivity contribution is 5.84. The lowest BCUT2D eigenvalue weighted by Gasteiger charge is -2.15. The van der Waals surface area contributed by atoms with E-state index in [9.17, 15) is 4.79 Å². The van der Waals surface area contributed by atoms with Crippen LogP contribution >= 0.6 is 0 Å². The Morgan fingerprint density at radius 3 is 2.74 bits per heavy atom. The number of nitrogens with two attached hydrogens (primary N) is 1. The summed E-state index contributed by atoms with van der Waals surface area (Å²) in [4.78, 5) is 13.6. The minimum Gasteiger partial charge on any atom is -0.410 e. The zero-order valence-electron chi connectivity index (χ0n) is 10.6. The molecule has 1 heterocycles. The minimum atomic E-state index is -0.316. The summed E-state index contributed by atoms with van der Waals surface area (Å²) in [5.74, 6) is 0.573. The topological polar surface area (TPSA) is 55.6 Å². The van der Waals surface area contributed by atoms with Crippen LogP contribution in [0.15, 0.2) is 42.5 Å². The van der Waals surface area contributed by atoms with Gasteiger partial charge in [0.05, 0.1) is 0 Å². The first-order valence-electron chi connectivity index (χ1n) is 6.43. The normalized spacial score (nSPS) is 18.8. The van der Waals surface area contributed by atoms with E-state index in [1.165, 1.54) is 0 Å². The molecule has 4 nitrogen and oxygen atoms in total. The fraction of sp³-hybridized carbons (Fsp3) is 0.267. The van der Waals surface area contributed by atoms with E-state index in [-0.39, 0.29) is 12.1 Å². The van der Waals surface area contributed by atoms with Crippen molar-refractivity contribution in [1.29, 1.82) is 0 Å². The Morgan fingerprint density at radius 2 is 2.00 bits per heavy atom. The predicted octanol–water partition coefficient (Wildman–Crippen LogP) is 2.37. The molecule has 1 amide bonds. The number of fused-ring (bicyclic) bond motifs is 1. The molecule has 3 rings (SSSR count). The summed E-state index contributed by atoms with van der Waals surface area (Å²) < 4.78 is 5.39. The maximum Gasteiger partial charge on any atom is 0.415 e. The summed E-state index contributed by atoms with van der Waals surface area (Å²) in [5, 5.41) is 2.19. The van der Waals surface area contributed by atoms with Crippen LogP contribution in [-0.4, -0.2) is 30.1 Å². The van der Waals surface area contributed by atoms with Gasteiger partial charge in [0.25, 0.3) is 0 Å². The maximum atomic E-state index is 11.9. The molecule has 1 saturated heterocycles. The summed E-state index contributed by atoms with van der Waals surface area (Å²) in [6.45, 7) is 1.25. The number of hydrogen-bond donors (Lipinski definition) is 1. The second-order valence-corrected chi connectivity index (χ2v) is 4.87. The first-order chi connectivity index (χ1) is 9.22. The molecular weight excluding hydrogens is 240 g/mol. The molecule has 0 radical (unpaired) electrons. The number of hydrogen-bond acceptors (Lipinski definition) is 3. The van der Waals surface area contributed by atoms with Gasteiger partial charge in [-0.05, 0) is 29.3 Å². The Kier molecular flexibility index (Phi) is 3.09. The lowest BCUT2D eigenvalue weighted by atomic mass is 10.1. The minimum absolute atomic E-state index is 0.0733. The standard InChI is InChI=1S/C15H16N2O2/c16-13-7-8-17(10-13)15(18)19-14-6-5-11-3-1-2-4-12(11)9-14/h1-6,9,13H,7-8,10,16H2/t13-/m1/s1. The molecule has 4 heteroatoms. The number of benzene rings is 2. The molecule has 0 unspecified atom stereocenters. The number of likely N-dealkylation sites (tertiary alicyclic amines) is 1. The molecule has 0 saturated carbocycles. The van der Waals surface area contributed by atoms with E-state index in [1.54, 1.807) is 4.90 Å². The van der Waals surface area contributed by atoms with Crippen LogP contribution in [0.3, 0.4) is 0 Å². The third kappa shape index (κ3) is 2.53. The van der Waals surface area contributed by atoms with E-state index < -0.39 is 0 Å². The molecule has 0 aliphatic carbocycles. The molecule has 19 heavy (non-hydrogen) atoms. The Balaban J connectivity index is 1.76. The Bertz CT molecular complexity index is 612. The summed E-state index contributed by atoms with van der Waals surface area (Å²) in [6, 6.07) is 13.7. The molecule has 2 aromatic carbocycles. The monoisotopic (exact) mass is 256 g/mol. The summed E-state index contributed by atoms with van der Waals surface area (Å²) in [6.07, 6.45) is 0.524. The van der Waals surface area contributed by atoms with Gasteiger partial charge in [-0.25, -0.2) is 4.79 Å². The molecule has 0 bridgehead atoms. The van der Waals surface area contributed by atoms with E-state index in [4.69, 9.17) is 10.5 Å². The van der Waals surface area contributed by atoms with Gasteiger partial charge in [-0.15, -0.1) is 0 Å². The highest BCUT2D eigenvalue weighted by Gasteiger charge is 2.25. The Hall–Kier alpha value is -2.07. The zero-order valence-corrected chi connectivity index (χ0v) is 10.6. The van der Waals surface area contributed by atoms with Gasteiger partial charge in [-0.3, -0.25) is 0 Å². The molecule has 1 atom stereocenters. The van der Waals surface area contributed by atoms with Crippen LogP contribution in [0.5, 0.6) is 5.75 Å². The fourth-order valence-corrected chi connectivity index (χ4v) is 2.35.